The second-order valence-electron chi connectivity index (χ2n) is 8.16. The molecule has 0 aliphatic carbocycles. The maximum absolute atomic E-state index is 12.9. The highest BCUT2D eigenvalue weighted by molar-refractivity contribution is 5.95. The number of carbonyl (C=O) groups is 1. The number of amides is 1. The zero-order valence-corrected chi connectivity index (χ0v) is 17.9. The molecular formula is C23H29N5O2. The highest BCUT2D eigenvalue weighted by atomic mass is 16.2. The molecule has 1 fully saturated rings. The Hall–Kier alpha value is -3.09. The summed E-state index contributed by atoms with van der Waals surface area (Å²) in [5.41, 5.74) is 3.40. The summed E-state index contributed by atoms with van der Waals surface area (Å²) in [4.78, 5) is 34.2. The molecular weight excluding hydrogens is 378 g/mol. The Balaban J connectivity index is 1.45. The summed E-state index contributed by atoms with van der Waals surface area (Å²) < 4.78 is 3.58. The monoisotopic (exact) mass is 407 g/mol. The molecule has 2 aromatic heterocycles. The largest absolute Gasteiger partial charge is 0.378 e. The zero-order valence-electron chi connectivity index (χ0n) is 17.9. The first kappa shape index (κ1) is 20.2. The third kappa shape index (κ3) is 3.72. The van der Waals surface area contributed by atoms with Crippen LogP contribution in [0.4, 0.5) is 5.69 Å². The van der Waals surface area contributed by atoms with Gasteiger partial charge in [-0.3, -0.25) is 13.9 Å². The van der Waals surface area contributed by atoms with E-state index in [1.54, 1.807) is 10.8 Å². The Kier molecular flexibility index (Phi) is 5.61. The van der Waals surface area contributed by atoms with E-state index >= 15 is 0 Å². The summed E-state index contributed by atoms with van der Waals surface area (Å²) in [6.45, 7) is 4.69. The van der Waals surface area contributed by atoms with Gasteiger partial charge in [0.15, 0.2) is 5.65 Å². The molecule has 1 amide bonds. The molecule has 1 aromatic carbocycles. The van der Waals surface area contributed by atoms with E-state index in [0.717, 1.165) is 35.3 Å². The highest BCUT2D eigenvalue weighted by Crippen LogP contribution is 2.23. The van der Waals surface area contributed by atoms with Crippen molar-refractivity contribution in [3.8, 4) is 0 Å². The van der Waals surface area contributed by atoms with Gasteiger partial charge >= 0.3 is 5.69 Å². The minimum absolute atomic E-state index is 0.00482. The second kappa shape index (κ2) is 8.34. The maximum atomic E-state index is 12.9. The number of imidazole rings is 1. The van der Waals surface area contributed by atoms with Gasteiger partial charge < -0.3 is 9.80 Å². The van der Waals surface area contributed by atoms with Crippen LogP contribution in [0.3, 0.4) is 0 Å². The van der Waals surface area contributed by atoms with Gasteiger partial charge in [-0.25, -0.2) is 9.78 Å². The molecule has 7 heteroatoms. The van der Waals surface area contributed by atoms with Crippen LogP contribution in [-0.2, 0) is 13.1 Å². The number of aryl methyl sites for hydroxylation is 1. The molecule has 0 radical (unpaired) electrons. The lowest BCUT2D eigenvalue weighted by molar-refractivity contribution is 0.0683. The van der Waals surface area contributed by atoms with Crippen LogP contribution in [0.1, 0.15) is 30.1 Å². The van der Waals surface area contributed by atoms with Crippen LogP contribution in [0.25, 0.3) is 11.2 Å². The van der Waals surface area contributed by atoms with Crippen molar-refractivity contribution >= 4 is 22.8 Å². The number of benzene rings is 1. The summed E-state index contributed by atoms with van der Waals surface area (Å²) >= 11 is 0. The Labute approximate surface area is 176 Å². The standard InChI is InChI=1S/C23H29N5O2/c1-4-27-20-9-6-12-24-21(20)28(23(27)30)16-17-10-13-26(14-11-17)22(29)18-7-5-8-19(15-18)25(2)3/h5-9,12,15,17H,4,10-11,13-14,16H2,1-3H3. The third-order valence-electron chi connectivity index (χ3n) is 6.04. The fraction of sp³-hybridized carbons (Fsp3) is 0.435. The number of piperidine rings is 1. The smallest absolute Gasteiger partial charge is 0.330 e. The van der Waals surface area contributed by atoms with Crippen molar-refractivity contribution < 1.29 is 4.79 Å². The van der Waals surface area contributed by atoms with Gasteiger partial charge in [0.25, 0.3) is 5.91 Å². The number of anilines is 1. The Morgan fingerprint density at radius 3 is 2.60 bits per heavy atom. The number of hydrogen-bond acceptors (Lipinski definition) is 4. The summed E-state index contributed by atoms with van der Waals surface area (Å²) in [5.74, 6) is 0.441. The molecule has 0 N–H and O–H groups in total. The van der Waals surface area contributed by atoms with Crippen molar-refractivity contribution in [2.75, 3.05) is 32.1 Å². The zero-order chi connectivity index (χ0) is 21.3. The average Bonchev–Trinajstić information content (AvgIpc) is 3.04. The molecule has 0 spiro atoms. The van der Waals surface area contributed by atoms with Crippen LogP contribution in [0.5, 0.6) is 0 Å². The van der Waals surface area contributed by atoms with Gasteiger partial charge in [-0.15, -0.1) is 0 Å². The van der Waals surface area contributed by atoms with Gasteiger partial charge in [0.2, 0.25) is 0 Å². The van der Waals surface area contributed by atoms with Crippen molar-refractivity contribution in [1.82, 2.24) is 19.0 Å². The van der Waals surface area contributed by atoms with Crippen molar-refractivity contribution in [2.24, 2.45) is 5.92 Å². The van der Waals surface area contributed by atoms with Gasteiger partial charge in [-0.1, -0.05) is 6.07 Å². The van der Waals surface area contributed by atoms with E-state index in [0.29, 0.717) is 32.1 Å². The van der Waals surface area contributed by atoms with Gasteiger partial charge in [0, 0.05) is 57.7 Å². The number of nitrogens with zero attached hydrogens (tertiary/aromatic N) is 5. The number of fused-ring (bicyclic) bond motifs is 1. The van der Waals surface area contributed by atoms with E-state index in [4.69, 9.17) is 0 Å². The summed E-state index contributed by atoms with van der Waals surface area (Å²) in [6.07, 6.45) is 3.51. The molecule has 0 bridgehead atoms. The Morgan fingerprint density at radius 1 is 1.13 bits per heavy atom. The molecule has 158 valence electrons. The van der Waals surface area contributed by atoms with Gasteiger partial charge in [-0.2, -0.15) is 0 Å². The molecule has 0 atom stereocenters. The Morgan fingerprint density at radius 2 is 1.90 bits per heavy atom. The fourth-order valence-corrected chi connectivity index (χ4v) is 4.29. The number of likely N-dealkylation sites (tertiary alicyclic amines) is 1. The van der Waals surface area contributed by atoms with Crippen molar-refractivity contribution in [3.63, 3.8) is 0 Å². The Bertz CT molecular complexity index is 1110. The first-order valence-corrected chi connectivity index (χ1v) is 10.6. The SMILES string of the molecule is CCn1c(=O)n(CC2CCN(C(=O)c3cccc(N(C)C)c3)CC2)c2ncccc21. The molecule has 3 heterocycles. The molecule has 30 heavy (non-hydrogen) atoms. The van der Waals surface area contributed by atoms with Crippen LogP contribution < -0.4 is 10.6 Å². The quantitative estimate of drug-likeness (QED) is 0.652. The average molecular weight is 408 g/mol. The van der Waals surface area contributed by atoms with E-state index in [2.05, 4.69) is 4.98 Å². The second-order valence-corrected chi connectivity index (χ2v) is 8.16. The maximum Gasteiger partial charge on any atom is 0.330 e. The normalized spacial score (nSPS) is 15.0. The lowest BCUT2D eigenvalue weighted by Gasteiger charge is -2.32. The van der Waals surface area contributed by atoms with Gasteiger partial charge in [0.1, 0.15) is 0 Å². The molecule has 7 nitrogen and oxygen atoms in total. The molecule has 3 aromatic rings. The number of pyridine rings is 1. The third-order valence-corrected chi connectivity index (χ3v) is 6.04. The predicted octanol–water partition coefficient (Wildman–Crippen LogP) is 2.84. The molecule has 1 saturated heterocycles. The lowest BCUT2D eigenvalue weighted by Crippen LogP contribution is -2.40. The minimum Gasteiger partial charge on any atom is -0.378 e. The number of aromatic nitrogens is 3. The van der Waals surface area contributed by atoms with Gasteiger partial charge in [0.05, 0.1) is 5.52 Å². The molecule has 0 saturated carbocycles. The van der Waals surface area contributed by atoms with Crippen molar-refractivity contribution in [3.05, 3.63) is 58.6 Å². The lowest BCUT2D eigenvalue weighted by atomic mass is 9.96. The summed E-state index contributed by atoms with van der Waals surface area (Å²) in [7, 11) is 3.95. The minimum atomic E-state index is 0.00482. The number of carbonyl (C=O) groups excluding carboxylic acids is 1. The van der Waals surface area contributed by atoms with E-state index in [1.165, 1.54) is 0 Å². The molecule has 1 aliphatic rings. The van der Waals surface area contributed by atoms with E-state index in [-0.39, 0.29) is 11.6 Å². The molecule has 4 rings (SSSR count). The van der Waals surface area contributed by atoms with Crippen LogP contribution in [0.2, 0.25) is 0 Å². The van der Waals surface area contributed by atoms with Crippen molar-refractivity contribution in [1.29, 1.82) is 0 Å². The fourth-order valence-electron chi connectivity index (χ4n) is 4.29. The number of hydrogen-bond donors (Lipinski definition) is 0. The van der Waals surface area contributed by atoms with Crippen LogP contribution in [-0.4, -0.2) is 52.1 Å². The van der Waals surface area contributed by atoms with E-state index in [9.17, 15) is 9.59 Å². The first-order valence-electron chi connectivity index (χ1n) is 10.6. The van der Waals surface area contributed by atoms with Crippen molar-refractivity contribution in [2.45, 2.75) is 32.9 Å². The first-order chi connectivity index (χ1) is 14.5. The predicted molar refractivity (Wildman–Crippen MR) is 119 cm³/mol. The molecule has 1 aliphatic heterocycles. The summed E-state index contributed by atoms with van der Waals surface area (Å²) in [5, 5.41) is 0. The van der Waals surface area contributed by atoms with Crippen LogP contribution in [0.15, 0.2) is 47.4 Å². The van der Waals surface area contributed by atoms with E-state index in [1.807, 2.05) is 71.8 Å². The topological polar surface area (TPSA) is 63.4 Å². The van der Waals surface area contributed by atoms with Crippen LogP contribution in [0, 0.1) is 5.92 Å². The van der Waals surface area contributed by atoms with Gasteiger partial charge in [-0.05, 0) is 56.0 Å². The number of rotatable bonds is 5. The highest BCUT2D eigenvalue weighted by Gasteiger charge is 2.25. The molecule has 0 unspecified atom stereocenters. The van der Waals surface area contributed by atoms with Crippen LogP contribution >= 0.6 is 0 Å². The summed E-state index contributed by atoms with van der Waals surface area (Å²) in [6, 6.07) is 11.6. The van der Waals surface area contributed by atoms with E-state index < -0.39 is 0 Å².